The van der Waals surface area contributed by atoms with Crippen molar-refractivity contribution >= 4 is 0 Å². The van der Waals surface area contributed by atoms with Crippen LogP contribution in [-0.2, 0) is 6.42 Å². The molecular weight excluding hydrogens is 228 g/mol. The molecule has 0 aliphatic carbocycles. The van der Waals surface area contributed by atoms with Gasteiger partial charge in [-0.1, -0.05) is 0 Å². The van der Waals surface area contributed by atoms with Gasteiger partial charge in [-0.05, 0) is 24.1 Å². The van der Waals surface area contributed by atoms with Gasteiger partial charge in [0.2, 0.25) is 0 Å². The standard InChI is InChI=1S/C10H11F2N5/c11-7-1-6(2-8(12)4-7)3-9(16-13)10-14-5-15-17-10/h1-2,4-5,9,16H,3,13H2,(H,14,15,17). The van der Waals surface area contributed by atoms with Crippen LogP contribution in [0.15, 0.2) is 24.5 Å². The number of nitrogens with two attached hydrogens (primary N) is 1. The summed E-state index contributed by atoms with van der Waals surface area (Å²) in [5.74, 6) is 4.64. The third-order valence-electron chi connectivity index (χ3n) is 2.33. The Labute approximate surface area is 96.0 Å². The van der Waals surface area contributed by atoms with Gasteiger partial charge in [0.05, 0.1) is 6.04 Å². The van der Waals surface area contributed by atoms with Crippen LogP contribution in [0.2, 0.25) is 0 Å². The summed E-state index contributed by atoms with van der Waals surface area (Å²) in [5, 5.41) is 6.33. The summed E-state index contributed by atoms with van der Waals surface area (Å²) in [5.41, 5.74) is 3.00. The number of rotatable bonds is 4. The van der Waals surface area contributed by atoms with Gasteiger partial charge in [-0.25, -0.2) is 19.2 Å². The van der Waals surface area contributed by atoms with Gasteiger partial charge in [-0.2, -0.15) is 5.10 Å². The Balaban J connectivity index is 2.18. The molecule has 17 heavy (non-hydrogen) atoms. The molecule has 0 amide bonds. The van der Waals surface area contributed by atoms with Crippen molar-refractivity contribution in [1.82, 2.24) is 20.6 Å². The first-order chi connectivity index (χ1) is 8.19. The van der Waals surface area contributed by atoms with Crippen LogP contribution >= 0.6 is 0 Å². The average Bonchev–Trinajstić information content (AvgIpc) is 2.77. The van der Waals surface area contributed by atoms with Gasteiger partial charge in [0.25, 0.3) is 0 Å². The van der Waals surface area contributed by atoms with Crippen LogP contribution in [0.3, 0.4) is 0 Å². The van der Waals surface area contributed by atoms with Gasteiger partial charge in [-0.3, -0.25) is 10.9 Å². The lowest BCUT2D eigenvalue weighted by atomic mass is 10.1. The molecule has 1 unspecified atom stereocenters. The molecule has 0 aliphatic heterocycles. The number of aromatic nitrogens is 3. The quantitative estimate of drug-likeness (QED) is 0.545. The highest BCUT2D eigenvalue weighted by molar-refractivity contribution is 5.19. The molecule has 1 aromatic carbocycles. The Kier molecular flexibility index (Phi) is 3.40. The molecule has 0 bridgehead atoms. The Hall–Kier alpha value is -1.86. The minimum atomic E-state index is -0.617. The molecule has 0 spiro atoms. The third kappa shape index (κ3) is 2.83. The summed E-state index contributed by atoms with van der Waals surface area (Å²) in [7, 11) is 0. The second kappa shape index (κ2) is 4.98. The highest BCUT2D eigenvalue weighted by atomic mass is 19.1. The fraction of sp³-hybridized carbons (Fsp3) is 0.200. The van der Waals surface area contributed by atoms with Gasteiger partial charge in [0.15, 0.2) is 0 Å². The summed E-state index contributed by atoms with van der Waals surface area (Å²) >= 11 is 0. The minimum Gasteiger partial charge on any atom is -0.271 e. The number of benzene rings is 1. The van der Waals surface area contributed by atoms with Crippen molar-refractivity contribution in [2.24, 2.45) is 5.84 Å². The molecule has 2 aromatic rings. The van der Waals surface area contributed by atoms with Crippen LogP contribution < -0.4 is 11.3 Å². The fourth-order valence-electron chi connectivity index (χ4n) is 1.58. The Morgan fingerprint density at radius 2 is 2.00 bits per heavy atom. The highest BCUT2D eigenvalue weighted by Crippen LogP contribution is 2.16. The van der Waals surface area contributed by atoms with E-state index in [-0.39, 0.29) is 6.04 Å². The van der Waals surface area contributed by atoms with Crippen molar-refractivity contribution in [2.45, 2.75) is 12.5 Å². The number of nitrogens with one attached hydrogen (secondary N) is 2. The SMILES string of the molecule is NNC(Cc1cc(F)cc(F)c1)c1ncn[nH]1. The first-order valence-electron chi connectivity index (χ1n) is 4.95. The van der Waals surface area contributed by atoms with Crippen LogP contribution in [0.25, 0.3) is 0 Å². The molecule has 1 aromatic heterocycles. The lowest BCUT2D eigenvalue weighted by molar-refractivity contribution is 0.518. The molecule has 2 rings (SSSR count). The number of hydrogen-bond acceptors (Lipinski definition) is 4. The van der Waals surface area contributed by atoms with Gasteiger partial charge in [-0.15, -0.1) is 0 Å². The Morgan fingerprint density at radius 1 is 1.29 bits per heavy atom. The van der Waals surface area contributed by atoms with Crippen LogP contribution in [0.4, 0.5) is 8.78 Å². The fourth-order valence-corrected chi connectivity index (χ4v) is 1.58. The number of hydrazine groups is 1. The maximum Gasteiger partial charge on any atom is 0.143 e. The number of halogens is 2. The molecule has 5 nitrogen and oxygen atoms in total. The molecule has 7 heteroatoms. The largest absolute Gasteiger partial charge is 0.271 e. The number of nitrogens with zero attached hydrogens (tertiary/aromatic N) is 2. The van der Waals surface area contributed by atoms with Crippen LogP contribution in [-0.4, -0.2) is 15.2 Å². The highest BCUT2D eigenvalue weighted by Gasteiger charge is 2.14. The van der Waals surface area contributed by atoms with E-state index >= 15 is 0 Å². The van der Waals surface area contributed by atoms with E-state index in [2.05, 4.69) is 20.6 Å². The maximum atomic E-state index is 13.0. The van der Waals surface area contributed by atoms with E-state index in [1.165, 1.54) is 18.5 Å². The lowest BCUT2D eigenvalue weighted by Gasteiger charge is -2.12. The van der Waals surface area contributed by atoms with Crippen LogP contribution in [0.1, 0.15) is 17.4 Å². The second-order valence-corrected chi connectivity index (χ2v) is 3.57. The molecule has 0 saturated heterocycles. The number of H-pyrrole nitrogens is 1. The molecule has 90 valence electrons. The predicted octanol–water partition coefficient (Wildman–Crippen LogP) is 0.830. The van der Waals surface area contributed by atoms with E-state index in [0.717, 1.165) is 6.07 Å². The first-order valence-corrected chi connectivity index (χ1v) is 4.95. The van der Waals surface area contributed by atoms with E-state index in [4.69, 9.17) is 5.84 Å². The van der Waals surface area contributed by atoms with Gasteiger partial charge in [0, 0.05) is 6.07 Å². The molecule has 0 saturated carbocycles. The van der Waals surface area contributed by atoms with Gasteiger partial charge >= 0.3 is 0 Å². The normalized spacial score (nSPS) is 12.6. The van der Waals surface area contributed by atoms with E-state index in [0.29, 0.717) is 17.8 Å². The molecule has 0 fully saturated rings. The summed E-state index contributed by atoms with van der Waals surface area (Å²) in [6, 6.07) is 2.95. The summed E-state index contributed by atoms with van der Waals surface area (Å²) in [6.45, 7) is 0. The number of hydrogen-bond donors (Lipinski definition) is 3. The molecule has 0 aliphatic rings. The minimum absolute atomic E-state index is 0.306. The average molecular weight is 239 g/mol. The van der Waals surface area contributed by atoms with Crippen molar-refractivity contribution in [3.8, 4) is 0 Å². The van der Waals surface area contributed by atoms with Crippen molar-refractivity contribution in [3.05, 3.63) is 47.5 Å². The predicted molar refractivity (Wildman–Crippen MR) is 56.5 cm³/mol. The zero-order chi connectivity index (χ0) is 12.3. The first kappa shape index (κ1) is 11.6. The summed E-state index contributed by atoms with van der Waals surface area (Å²) in [4.78, 5) is 3.93. The third-order valence-corrected chi connectivity index (χ3v) is 2.33. The van der Waals surface area contributed by atoms with Crippen molar-refractivity contribution in [3.63, 3.8) is 0 Å². The zero-order valence-electron chi connectivity index (χ0n) is 8.82. The summed E-state index contributed by atoms with van der Waals surface area (Å²) < 4.78 is 26.0. The van der Waals surface area contributed by atoms with Crippen molar-refractivity contribution < 1.29 is 8.78 Å². The monoisotopic (exact) mass is 239 g/mol. The van der Waals surface area contributed by atoms with E-state index in [9.17, 15) is 8.78 Å². The van der Waals surface area contributed by atoms with Crippen molar-refractivity contribution in [1.29, 1.82) is 0 Å². The lowest BCUT2D eigenvalue weighted by Crippen LogP contribution is -2.30. The van der Waals surface area contributed by atoms with E-state index in [1.54, 1.807) is 0 Å². The maximum absolute atomic E-state index is 13.0. The molecule has 0 radical (unpaired) electrons. The van der Waals surface area contributed by atoms with Crippen LogP contribution in [0, 0.1) is 11.6 Å². The Bertz CT molecular complexity index is 465. The summed E-state index contributed by atoms with van der Waals surface area (Å²) in [6.07, 6.45) is 1.65. The molecular formula is C10H11F2N5. The second-order valence-electron chi connectivity index (χ2n) is 3.57. The van der Waals surface area contributed by atoms with Crippen LogP contribution in [0.5, 0.6) is 0 Å². The van der Waals surface area contributed by atoms with Gasteiger partial charge < -0.3 is 0 Å². The van der Waals surface area contributed by atoms with E-state index in [1.807, 2.05) is 0 Å². The van der Waals surface area contributed by atoms with E-state index < -0.39 is 11.6 Å². The van der Waals surface area contributed by atoms with Crippen molar-refractivity contribution in [2.75, 3.05) is 0 Å². The number of aromatic amines is 1. The topological polar surface area (TPSA) is 79.6 Å². The molecule has 1 atom stereocenters. The smallest absolute Gasteiger partial charge is 0.143 e. The Morgan fingerprint density at radius 3 is 2.53 bits per heavy atom. The molecule has 4 N–H and O–H groups in total. The van der Waals surface area contributed by atoms with Gasteiger partial charge in [0.1, 0.15) is 23.8 Å². The zero-order valence-corrected chi connectivity index (χ0v) is 8.82. The molecule has 1 heterocycles.